The summed E-state index contributed by atoms with van der Waals surface area (Å²) in [7, 11) is 0. The highest BCUT2D eigenvalue weighted by atomic mass is 16.3. The van der Waals surface area contributed by atoms with E-state index in [1.807, 2.05) is 60.7 Å². The minimum atomic E-state index is 0.599. The molecule has 0 saturated heterocycles. The molecule has 216 valence electrons. The van der Waals surface area contributed by atoms with Gasteiger partial charge in [0.05, 0.1) is 5.69 Å². The number of anilines is 3. The molecule has 0 aliphatic rings. The molecule has 10 aromatic rings. The number of aromatic nitrogens is 1. The molecule has 0 saturated carbocycles. The normalized spacial score (nSPS) is 11.9. The molecular formula is C41H24N2O3. The third kappa shape index (κ3) is 3.72. The number of furan rings is 2. The quantitative estimate of drug-likeness (QED) is 0.203. The summed E-state index contributed by atoms with van der Waals surface area (Å²) >= 11 is 0. The van der Waals surface area contributed by atoms with Crippen molar-refractivity contribution >= 4 is 82.8 Å². The van der Waals surface area contributed by atoms with Crippen LogP contribution in [-0.2, 0) is 0 Å². The van der Waals surface area contributed by atoms with Crippen LogP contribution in [0.25, 0.3) is 77.2 Å². The molecule has 0 bridgehead atoms. The molecule has 0 fully saturated rings. The molecule has 0 atom stereocenters. The van der Waals surface area contributed by atoms with Crippen LogP contribution < -0.4 is 4.90 Å². The summed E-state index contributed by atoms with van der Waals surface area (Å²) in [6.07, 6.45) is 0. The van der Waals surface area contributed by atoms with Gasteiger partial charge in [-0.05, 0) is 66.7 Å². The summed E-state index contributed by atoms with van der Waals surface area (Å²) in [6, 6.07) is 49.8. The van der Waals surface area contributed by atoms with Gasteiger partial charge in [-0.3, -0.25) is 0 Å². The van der Waals surface area contributed by atoms with Gasteiger partial charge in [0.15, 0.2) is 5.58 Å². The third-order valence-corrected chi connectivity index (χ3v) is 8.87. The van der Waals surface area contributed by atoms with E-state index in [1.165, 1.54) is 0 Å². The number of hydrogen-bond acceptors (Lipinski definition) is 5. The first kappa shape index (κ1) is 25.0. The minimum absolute atomic E-state index is 0.599. The Morgan fingerprint density at radius 2 is 0.935 bits per heavy atom. The van der Waals surface area contributed by atoms with Crippen LogP contribution in [-0.4, -0.2) is 4.98 Å². The molecule has 0 aliphatic carbocycles. The summed E-state index contributed by atoms with van der Waals surface area (Å²) in [5.41, 5.74) is 8.95. The summed E-state index contributed by atoms with van der Waals surface area (Å²) in [4.78, 5) is 7.31. The molecule has 0 N–H and O–H groups in total. The van der Waals surface area contributed by atoms with Crippen molar-refractivity contribution in [3.05, 3.63) is 146 Å². The number of nitrogens with zero attached hydrogens (tertiary/aromatic N) is 2. The van der Waals surface area contributed by atoms with E-state index in [4.69, 9.17) is 18.2 Å². The fourth-order valence-electron chi connectivity index (χ4n) is 6.76. The Morgan fingerprint density at radius 1 is 0.413 bits per heavy atom. The first-order valence-corrected chi connectivity index (χ1v) is 15.3. The molecule has 3 heterocycles. The molecule has 7 aromatic carbocycles. The minimum Gasteiger partial charge on any atom is -0.456 e. The van der Waals surface area contributed by atoms with E-state index in [9.17, 15) is 0 Å². The van der Waals surface area contributed by atoms with Gasteiger partial charge < -0.3 is 18.2 Å². The number of para-hydroxylation sites is 2. The number of rotatable bonds is 4. The Kier molecular flexibility index (Phi) is 5.22. The first-order valence-electron chi connectivity index (χ1n) is 15.3. The Balaban J connectivity index is 1.28. The Hall–Kier alpha value is -6.33. The zero-order valence-corrected chi connectivity index (χ0v) is 24.5. The zero-order valence-electron chi connectivity index (χ0n) is 24.5. The van der Waals surface area contributed by atoms with Crippen LogP contribution in [0.3, 0.4) is 0 Å². The van der Waals surface area contributed by atoms with Crippen molar-refractivity contribution in [2.75, 3.05) is 4.90 Å². The van der Waals surface area contributed by atoms with Crippen LogP contribution >= 0.6 is 0 Å². The fraction of sp³-hybridized carbons (Fsp3) is 0. The van der Waals surface area contributed by atoms with E-state index in [0.717, 1.165) is 88.4 Å². The van der Waals surface area contributed by atoms with Crippen molar-refractivity contribution < 1.29 is 13.3 Å². The van der Waals surface area contributed by atoms with Crippen LogP contribution in [0.2, 0.25) is 0 Å². The van der Waals surface area contributed by atoms with Gasteiger partial charge in [0.25, 0.3) is 0 Å². The number of benzene rings is 7. The number of hydrogen-bond donors (Lipinski definition) is 0. The van der Waals surface area contributed by atoms with Crippen molar-refractivity contribution in [3.63, 3.8) is 0 Å². The van der Waals surface area contributed by atoms with Crippen LogP contribution in [0.5, 0.6) is 0 Å². The van der Waals surface area contributed by atoms with Gasteiger partial charge >= 0.3 is 0 Å². The molecule has 0 radical (unpaired) electrons. The van der Waals surface area contributed by atoms with Crippen LogP contribution in [0.4, 0.5) is 17.1 Å². The number of fused-ring (bicyclic) bond motifs is 9. The van der Waals surface area contributed by atoms with Crippen LogP contribution in [0.15, 0.2) is 159 Å². The molecule has 0 unspecified atom stereocenters. The standard InChI is InChI=1S/C41H24N2O3/c1-2-10-25(11-3-1)41-42-34-24-35(28-12-4-5-15-31(28)40(34)46-41)43(26-18-20-38-32(22-26)29-13-6-8-16-36(29)44-38)27-19-21-39-33(23-27)30-14-7-9-17-37(30)45-39/h1-24H. The summed E-state index contributed by atoms with van der Waals surface area (Å²) < 4.78 is 18.9. The Morgan fingerprint density at radius 3 is 1.57 bits per heavy atom. The monoisotopic (exact) mass is 592 g/mol. The van der Waals surface area contributed by atoms with E-state index < -0.39 is 0 Å². The number of oxazole rings is 1. The van der Waals surface area contributed by atoms with Crippen molar-refractivity contribution in [1.82, 2.24) is 4.98 Å². The lowest BCUT2D eigenvalue weighted by molar-refractivity contribution is 0.623. The van der Waals surface area contributed by atoms with Crippen LogP contribution in [0.1, 0.15) is 0 Å². The van der Waals surface area contributed by atoms with E-state index in [-0.39, 0.29) is 0 Å². The van der Waals surface area contributed by atoms with E-state index in [0.29, 0.717) is 5.89 Å². The Bertz CT molecular complexity index is 2660. The van der Waals surface area contributed by atoms with Crippen molar-refractivity contribution in [3.8, 4) is 11.5 Å². The van der Waals surface area contributed by atoms with Gasteiger partial charge in [-0.15, -0.1) is 0 Å². The smallest absolute Gasteiger partial charge is 0.227 e. The first-order chi connectivity index (χ1) is 22.8. The lowest BCUT2D eigenvalue weighted by Crippen LogP contribution is -2.10. The van der Waals surface area contributed by atoms with Crippen molar-refractivity contribution in [2.45, 2.75) is 0 Å². The van der Waals surface area contributed by atoms with E-state index in [1.54, 1.807) is 0 Å². The third-order valence-electron chi connectivity index (χ3n) is 8.87. The molecule has 5 heteroatoms. The molecule has 0 aliphatic heterocycles. The molecule has 46 heavy (non-hydrogen) atoms. The fourth-order valence-corrected chi connectivity index (χ4v) is 6.76. The molecule has 0 spiro atoms. The second kappa shape index (κ2) is 9.58. The summed E-state index contributed by atoms with van der Waals surface area (Å²) in [6.45, 7) is 0. The highest BCUT2D eigenvalue weighted by Crippen LogP contribution is 2.45. The maximum absolute atomic E-state index is 6.45. The molecule has 0 amide bonds. The molecular weight excluding hydrogens is 568 g/mol. The molecule has 5 nitrogen and oxygen atoms in total. The maximum Gasteiger partial charge on any atom is 0.227 e. The van der Waals surface area contributed by atoms with Crippen LogP contribution in [0, 0.1) is 0 Å². The second-order valence-electron chi connectivity index (χ2n) is 11.6. The highest BCUT2D eigenvalue weighted by Gasteiger charge is 2.22. The Labute approximate surface area is 262 Å². The highest BCUT2D eigenvalue weighted by molar-refractivity contribution is 6.14. The van der Waals surface area contributed by atoms with E-state index in [2.05, 4.69) is 89.8 Å². The summed E-state index contributed by atoms with van der Waals surface area (Å²) in [5.74, 6) is 0.599. The predicted octanol–water partition coefficient (Wildman–Crippen LogP) is 11.9. The maximum atomic E-state index is 6.45. The second-order valence-corrected chi connectivity index (χ2v) is 11.6. The lowest BCUT2D eigenvalue weighted by atomic mass is 10.0. The predicted molar refractivity (Wildman–Crippen MR) is 186 cm³/mol. The van der Waals surface area contributed by atoms with Gasteiger partial charge in [0, 0.05) is 49.3 Å². The molecule has 3 aromatic heterocycles. The molecule has 10 rings (SSSR count). The van der Waals surface area contributed by atoms with Gasteiger partial charge in [-0.2, -0.15) is 0 Å². The summed E-state index contributed by atoms with van der Waals surface area (Å²) in [5, 5.41) is 6.34. The lowest BCUT2D eigenvalue weighted by Gasteiger charge is -2.27. The van der Waals surface area contributed by atoms with Gasteiger partial charge in [0.1, 0.15) is 27.8 Å². The van der Waals surface area contributed by atoms with Gasteiger partial charge in [0.2, 0.25) is 5.89 Å². The zero-order chi connectivity index (χ0) is 30.2. The van der Waals surface area contributed by atoms with Gasteiger partial charge in [-0.25, -0.2) is 4.98 Å². The average molecular weight is 593 g/mol. The van der Waals surface area contributed by atoms with Gasteiger partial charge in [-0.1, -0.05) is 78.9 Å². The SMILES string of the molecule is c1ccc(-c2nc3cc(N(c4ccc5oc6ccccc6c5c4)c4ccc5oc6ccccc6c5c4)c4ccccc4c3o2)cc1. The topological polar surface area (TPSA) is 55.6 Å². The van der Waals surface area contributed by atoms with E-state index >= 15 is 0 Å². The van der Waals surface area contributed by atoms with Crippen molar-refractivity contribution in [1.29, 1.82) is 0 Å². The largest absolute Gasteiger partial charge is 0.456 e. The average Bonchev–Trinajstić information content (AvgIpc) is 3.82. The van der Waals surface area contributed by atoms with Crippen molar-refractivity contribution in [2.24, 2.45) is 0 Å².